The number of aryl methyl sites for hydroxylation is 1. The third-order valence-corrected chi connectivity index (χ3v) is 4.92. The van der Waals surface area contributed by atoms with Gasteiger partial charge in [0.25, 0.3) is 0 Å². The summed E-state index contributed by atoms with van der Waals surface area (Å²) in [5.74, 6) is 1.76. The van der Waals surface area contributed by atoms with Gasteiger partial charge in [0, 0.05) is 11.6 Å². The van der Waals surface area contributed by atoms with Gasteiger partial charge in [0.15, 0.2) is 5.96 Å². The van der Waals surface area contributed by atoms with Crippen molar-refractivity contribution in [3.63, 3.8) is 0 Å². The highest BCUT2D eigenvalue weighted by molar-refractivity contribution is 14.0. The van der Waals surface area contributed by atoms with Crippen LogP contribution in [0.5, 0.6) is 0 Å². The predicted octanol–water partition coefficient (Wildman–Crippen LogP) is 3.93. The van der Waals surface area contributed by atoms with Crippen LogP contribution < -0.4 is 11.1 Å². The van der Waals surface area contributed by atoms with Crippen LogP contribution >= 0.6 is 24.0 Å². The molecule has 2 aliphatic rings. The molecule has 3 nitrogen and oxygen atoms in total. The summed E-state index contributed by atoms with van der Waals surface area (Å²) in [7, 11) is 0. The van der Waals surface area contributed by atoms with Gasteiger partial charge >= 0.3 is 0 Å². The van der Waals surface area contributed by atoms with Gasteiger partial charge in [0.2, 0.25) is 0 Å². The Bertz CT molecular complexity index is 724. The summed E-state index contributed by atoms with van der Waals surface area (Å²) >= 11 is 0. The second kappa shape index (κ2) is 6.51. The first-order chi connectivity index (χ1) is 10.8. The van der Waals surface area contributed by atoms with Crippen molar-refractivity contribution >= 4 is 35.6 Å². The molecule has 4 heteroatoms. The van der Waals surface area contributed by atoms with Crippen LogP contribution in [0.25, 0.3) is 0 Å². The Labute approximate surface area is 154 Å². The monoisotopic (exact) mass is 419 g/mol. The number of aliphatic imine (C=N–C) groups is 1. The molecule has 3 atom stereocenters. The third-order valence-electron chi connectivity index (χ3n) is 4.92. The Morgan fingerprint density at radius 3 is 2.65 bits per heavy atom. The van der Waals surface area contributed by atoms with Gasteiger partial charge in [-0.15, -0.1) is 24.0 Å². The molecule has 0 aliphatic heterocycles. The molecule has 1 saturated carbocycles. The Morgan fingerprint density at radius 1 is 1.17 bits per heavy atom. The van der Waals surface area contributed by atoms with Crippen molar-refractivity contribution in [3.8, 4) is 0 Å². The molecule has 0 radical (unpaired) electrons. The van der Waals surface area contributed by atoms with Crippen molar-refractivity contribution in [1.29, 1.82) is 0 Å². The van der Waals surface area contributed by atoms with E-state index >= 15 is 0 Å². The largest absolute Gasteiger partial charge is 0.370 e. The maximum absolute atomic E-state index is 6.08. The maximum Gasteiger partial charge on any atom is 0.193 e. The Balaban J connectivity index is 0.00000156. The average molecular weight is 419 g/mol. The highest BCUT2D eigenvalue weighted by Crippen LogP contribution is 2.58. The molecule has 23 heavy (non-hydrogen) atoms. The SMILES string of the molecule is CCc1ccc(NC(N)=NC2C3Cc4ccccc4C32)cc1.I. The quantitative estimate of drug-likeness (QED) is 0.450. The molecular weight excluding hydrogens is 397 g/mol. The first kappa shape index (κ1) is 16.3. The third kappa shape index (κ3) is 3.09. The number of benzene rings is 2. The van der Waals surface area contributed by atoms with Crippen molar-refractivity contribution in [1.82, 2.24) is 0 Å². The van der Waals surface area contributed by atoms with Gasteiger partial charge < -0.3 is 11.1 Å². The number of guanidine groups is 1. The lowest BCUT2D eigenvalue weighted by atomic mass is 10.1. The lowest BCUT2D eigenvalue weighted by Crippen LogP contribution is -2.23. The molecule has 2 aromatic carbocycles. The zero-order valence-corrected chi connectivity index (χ0v) is 15.5. The minimum Gasteiger partial charge on any atom is -0.370 e. The summed E-state index contributed by atoms with van der Waals surface area (Å²) in [5.41, 5.74) is 11.4. The Morgan fingerprint density at radius 2 is 1.91 bits per heavy atom. The highest BCUT2D eigenvalue weighted by atomic mass is 127. The fourth-order valence-electron chi connectivity index (χ4n) is 3.66. The molecule has 120 valence electrons. The summed E-state index contributed by atoms with van der Waals surface area (Å²) in [4.78, 5) is 4.69. The van der Waals surface area contributed by atoms with E-state index in [2.05, 4.69) is 60.8 Å². The first-order valence-corrected chi connectivity index (χ1v) is 8.03. The predicted molar refractivity (Wildman–Crippen MR) is 107 cm³/mol. The lowest BCUT2D eigenvalue weighted by Gasteiger charge is -2.08. The van der Waals surface area contributed by atoms with Gasteiger partial charge in [-0.1, -0.05) is 43.3 Å². The fourth-order valence-corrected chi connectivity index (χ4v) is 3.66. The van der Waals surface area contributed by atoms with Crippen molar-refractivity contribution < 1.29 is 0 Å². The van der Waals surface area contributed by atoms with Crippen LogP contribution in [-0.4, -0.2) is 12.0 Å². The smallest absolute Gasteiger partial charge is 0.193 e. The number of hydrogen-bond donors (Lipinski definition) is 2. The van der Waals surface area contributed by atoms with E-state index in [0.717, 1.165) is 18.5 Å². The van der Waals surface area contributed by atoms with Crippen LogP contribution in [0.15, 0.2) is 53.5 Å². The van der Waals surface area contributed by atoms with E-state index in [1.54, 1.807) is 0 Å². The van der Waals surface area contributed by atoms with Gasteiger partial charge in [-0.2, -0.15) is 0 Å². The van der Waals surface area contributed by atoms with Crippen LogP contribution in [0.1, 0.15) is 29.5 Å². The minimum absolute atomic E-state index is 0. The maximum atomic E-state index is 6.08. The molecule has 0 heterocycles. The first-order valence-electron chi connectivity index (χ1n) is 8.03. The second-order valence-corrected chi connectivity index (χ2v) is 6.27. The topological polar surface area (TPSA) is 50.4 Å². The average Bonchev–Trinajstić information content (AvgIpc) is 3.05. The van der Waals surface area contributed by atoms with E-state index in [1.807, 2.05) is 0 Å². The summed E-state index contributed by atoms with van der Waals surface area (Å²) in [5, 5.41) is 3.21. The van der Waals surface area contributed by atoms with Crippen molar-refractivity contribution in [2.45, 2.75) is 31.7 Å². The molecule has 0 saturated heterocycles. The Hall–Kier alpha value is -1.56. The van der Waals surface area contributed by atoms with Crippen LogP contribution in [-0.2, 0) is 12.8 Å². The molecule has 0 aromatic heterocycles. The molecule has 4 rings (SSSR count). The van der Waals surface area contributed by atoms with E-state index in [9.17, 15) is 0 Å². The standard InChI is InChI=1S/C19H21N3.HI/c1-2-12-7-9-14(10-8-12)21-19(20)22-18-16-11-13-5-3-4-6-15(13)17(16)18;/h3-10,16-18H,2,11H2,1H3,(H3,20,21,22);1H. The van der Waals surface area contributed by atoms with Crippen LogP contribution in [0.2, 0.25) is 0 Å². The minimum atomic E-state index is 0. The number of hydrogen-bond acceptors (Lipinski definition) is 1. The van der Waals surface area contributed by atoms with E-state index < -0.39 is 0 Å². The fraction of sp³-hybridized carbons (Fsp3) is 0.316. The van der Waals surface area contributed by atoms with Gasteiger partial charge in [-0.3, -0.25) is 0 Å². The van der Waals surface area contributed by atoms with Gasteiger partial charge in [-0.25, -0.2) is 4.99 Å². The number of fused-ring (bicyclic) bond motifs is 3. The lowest BCUT2D eigenvalue weighted by molar-refractivity contribution is 0.801. The second-order valence-electron chi connectivity index (χ2n) is 6.27. The number of halogens is 1. The van der Waals surface area contributed by atoms with Crippen LogP contribution in [0, 0.1) is 5.92 Å². The highest BCUT2D eigenvalue weighted by Gasteiger charge is 2.55. The molecule has 2 aliphatic carbocycles. The number of nitrogens with zero attached hydrogens (tertiary/aromatic N) is 1. The number of rotatable bonds is 3. The zero-order valence-electron chi connectivity index (χ0n) is 13.2. The molecular formula is C19H22IN3. The van der Waals surface area contributed by atoms with Crippen molar-refractivity contribution in [3.05, 3.63) is 65.2 Å². The molecule has 2 aromatic rings. The summed E-state index contributed by atoms with van der Waals surface area (Å²) in [6.07, 6.45) is 2.20. The summed E-state index contributed by atoms with van der Waals surface area (Å²) in [6, 6.07) is 17.4. The number of nitrogens with two attached hydrogens (primary N) is 1. The van der Waals surface area contributed by atoms with E-state index in [1.165, 1.54) is 16.7 Å². The van der Waals surface area contributed by atoms with Crippen LogP contribution in [0.4, 0.5) is 5.69 Å². The van der Waals surface area contributed by atoms with Gasteiger partial charge in [0.1, 0.15) is 0 Å². The Kier molecular flexibility index (Phi) is 4.62. The summed E-state index contributed by atoms with van der Waals surface area (Å²) in [6.45, 7) is 2.15. The van der Waals surface area contributed by atoms with Crippen LogP contribution in [0.3, 0.4) is 0 Å². The van der Waals surface area contributed by atoms with Crippen molar-refractivity contribution in [2.24, 2.45) is 16.6 Å². The molecule has 1 fully saturated rings. The van der Waals surface area contributed by atoms with E-state index in [-0.39, 0.29) is 24.0 Å². The molecule has 3 unspecified atom stereocenters. The number of nitrogens with one attached hydrogen (secondary N) is 1. The molecule has 3 N–H and O–H groups in total. The van der Waals surface area contributed by atoms with Crippen molar-refractivity contribution in [2.75, 3.05) is 5.32 Å². The normalized spacial score (nSPS) is 24.4. The van der Waals surface area contributed by atoms with Gasteiger partial charge in [-0.05, 0) is 47.6 Å². The van der Waals surface area contributed by atoms with Gasteiger partial charge in [0.05, 0.1) is 6.04 Å². The summed E-state index contributed by atoms with van der Waals surface area (Å²) < 4.78 is 0. The molecule has 0 spiro atoms. The van der Waals surface area contributed by atoms with E-state index in [4.69, 9.17) is 10.7 Å². The molecule has 0 amide bonds. The zero-order chi connectivity index (χ0) is 15.1. The molecule has 0 bridgehead atoms. The number of anilines is 1. The van der Waals surface area contributed by atoms with E-state index in [0.29, 0.717) is 23.8 Å².